The van der Waals surface area contributed by atoms with Gasteiger partial charge in [0.2, 0.25) is 5.91 Å². The van der Waals surface area contributed by atoms with Gasteiger partial charge >= 0.3 is 0 Å². The van der Waals surface area contributed by atoms with Crippen LogP contribution in [0.1, 0.15) is 6.92 Å². The molecule has 4 aromatic heterocycles. The fourth-order valence-corrected chi connectivity index (χ4v) is 3.97. The van der Waals surface area contributed by atoms with Crippen LogP contribution in [0.4, 0.5) is 5.82 Å². The molecule has 0 spiro atoms. The molecule has 8 heteroatoms. The number of piperazine rings is 1. The van der Waals surface area contributed by atoms with Gasteiger partial charge in [-0.15, -0.1) is 0 Å². The van der Waals surface area contributed by atoms with Crippen LogP contribution < -0.4 is 4.90 Å². The fraction of sp³-hybridized carbons (Fsp3) is 0.273. The Morgan fingerprint density at radius 2 is 1.77 bits per heavy atom. The van der Waals surface area contributed by atoms with E-state index >= 15 is 0 Å². The van der Waals surface area contributed by atoms with Gasteiger partial charge in [-0.05, 0) is 24.3 Å². The highest BCUT2D eigenvalue weighted by molar-refractivity contribution is 5.84. The van der Waals surface area contributed by atoms with Crippen molar-refractivity contribution in [2.75, 3.05) is 31.1 Å². The van der Waals surface area contributed by atoms with Gasteiger partial charge in [-0.3, -0.25) is 9.48 Å². The van der Waals surface area contributed by atoms with Crippen molar-refractivity contribution >= 4 is 17.2 Å². The number of carbonyl (C=O) groups is 1. The van der Waals surface area contributed by atoms with Crippen LogP contribution in [0.25, 0.3) is 27.8 Å². The number of fused-ring (bicyclic) bond motifs is 1. The molecule has 0 aliphatic carbocycles. The molecule has 1 aliphatic rings. The Bertz CT molecular complexity index is 1200. The van der Waals surface area contributed by atoms with Crippen molar-refractivity contribution in [3.05, 3.63) is 55.2 Å². The van der Waals surface area contributed by atoms with E-state index in [2.05, 4.69) is 33.3 Å². The maximum atomic E-state index is 11.5. The standard InChI is InChI=1S/C22H23N7O/c1-16(30)27-7-9-28(10-8-27)22-4-3-17(12-23-22)20-11-18(19-13-25-26(2)14-19)15-29-21(20)5-6-24-29/h3-6,11-15H,7-10H2,1-2H3. The van der Waals surface area contributed by atoms with Gasteiger partial charge in [-0.1, -0.05) is 0 Å². The molecule has 152 valence electrons. The van der Waals surface area contributed by atoms with Gasteiger partial charge in [0.25, 0.3) is 0 Å². The second-order valence-electron chi connectivity index (χ2n) is 7.60. The number of hydrogen-bond acceptors (Lipinski definition) is 5. The molecule has 8 nitrogen and oxygen atoms in total. The number of aromatic nitrogens is 5. The van der Waals surface area contributed by atoms with E-state index in [0.29, 0.717) is 0 Å². The summed E-state index contributed by atoms with van der Waals surface area (Å²) in [7, 11) is 1.91. The minimum atomic E-state index is 0.135. The summed E-state index contributed by atoms with van der Waals surface area (Å²) in [5, 5.41) is 8.73. The molecule has 5 heterocycles. The predicted octanol–water partition coefficient (Wildman–Crippen LogP) is 2.47. The smallest absolute Gasteiger partial charge is 0.219 e. The second kappa shape index (κ2) is 7.29. The number of anilines is 1. The van der Waals surface area contributed by atoms with Crippen molar-refractivity contribution in [2.45, 2.75) is 6.92 Å². The molecule has 0 bridgehead atoms. The minimum Gasteiger partial charge on any atom is -0.353 e. The Hall–Kier alpha value is -3.68. The van der Waals surface area contributed by atoms with Crippen LogP contribution in [0, 0.1) is 0 Å². The maximum Gasteiger partial charge on any atom is 0.219 e. The number of rotatable bonds is 3. The van der Waals surface area contributed by atoms with E-state index in [9.17, 15) is 4.79 Å². The molecule has 5 rings (SSSR count). The summed E-state index contributed by atoms with van der Waals surface area (Å²) in [5.41, 5.74) is 5.25. The normalized spacial score (nSPS) is 14.5. The summed E-state index contributed by atoms with van der Waals surface area (Å²) in [6, 6.07) is 8.34. The first kappa shape index (κ1) is 18.4. The van der Waals surface area contributed by atoms with Gasteiger partial charge in [-0.2, -0.15) is 10.2 Å². The van der Waals surface area contributed by atoms with Gasteiger partial charge in [0.15, 0.2) is 0 Å². The van der Waals surface area contributed by atoms with E-state index in [1.165, 1.54) is 0 Å². The predicted molar refractivity (Wildman–Crippen MR) is 115 cm³/mol. The largest absolute Gasteiger partial charge is 0.353 e. The van der Waals surface area contributed by atoms with Gasteiger partial charge in [0.1, 0.15) is 5.82 Å². The van der Waals surface area contributed by atoms with Crippen LogP contribution in [0.5, 0.6) is 0 Å². The van der Waals surface area contributed by atoms with E-state index in [0.717, 1.165) is 59.8 Å². The van der Waals surface area contributed by atoms with E-state index in [1.54, 1.807) is 11.6 Å². The van der Waals surface area contributed by atoms with E-state index < -0.39 is 0 Å². The average molecular weight is 401 g/mol. The van der Waals surface area contributed by atoms with Crippen LogP contribution in [0.15, 0.2) is 55.2 Å². The Balaban J connectivity index is 1.46. The third kappa shape index (κ3) is 3.30. The number of pyridine rings is 2. The molecule has 30 heavy (non-hydrogen) atoms. The van der Waals surface area contributed by atoms with E-state index in [4.69, 9.17) is 4.98 Å². The number of aryl methyl sites for hydroxylation is 1. The first-order chi connectivity index (χ1) is 14.6. The maximum absolute atomic E-state index is 11.5. The lowest BCUT2D eigenvalue weighted by molar-refractivity contribution is -0.129. The molecule has 1 saturated heterocycles. The van der Waals surface area contributed by atoms with Crippen LogP contribution in [-0.2, 0) is 11.8 Å². The molecule has 1 aliphatic heterocycles. The lowest BCUT2D eigenvalue weighted by atomic mass is 10.0. The quantitative estimate of drug-likeness (QED) is 0.527. The molecule has 0 unspecified atom stereocenters. The second-order valence-corrected chi connectivity index (χ2v) is 7.60. The summed E-state index contributed by atoms with van der Waals surface area (Å²) in [6.45, 7) is 4.70. The molecule has 1 fully saturated rings. The van der Waals surface area contributed by atoms with Crippen LogP contribution in [0.3, 0.4) is 0 Å². The summed E-state index contributed by atoms with van der Waals surface area (Å²) >= 11 is 0. The lowest BCUT2D eigenvalue weighted by Crippen LogP contribution is -2.48. The van der Waals surface area contributed by atoms with Crippen molar-refractivity contribution in [1.29, 1.82) is 0 Å². The molecule has 0 atom stereocenters. The Kier molecular flexibility index (Phi) is 4.46. The van der Waals surface area contributed by atoms with Gasteiger partial charge in [0, 0.05) is 87.2 Å². The number of hydrogen-bond donors (Lipinski definition) is 0. The van der Waals surface area contributed by atoms with Gasteiger partial charge < -0.3 is 9.80 Å². The SMILES string of the molecule is CC(=O)N1CCN(c2ccc(-c3cc(-c4cnn(C)c4)cn4nccc34)cn2)CC1. The van der Waals surface area contributed by atoms with Crippen LogP contribution in [0.2, 0.25) is 0 Å². The van der Waals surface area contributed by atoms with Crippen molar-refractivity contribution in [3.8, 4) is 22.3 Å². The van der Waals surface area contributed by atoms with E-state index in [1.807, 2.05) is 53.5 Å². The zero-order chi connectivity index (χ0) is 20.7. The topological polar surface area (TPSA) is 71.6 Å². The molecule has 0 aromatic carbocycles. The molecule has 0 saturated carbocycles. The fourth-order valence-electron chi connectivity index (χ4n) is 3.97. The van der Waals surface area contributed by atoms with E-state index in [-0.39, 0.29) is 5.91 Å². The van der Waals surface area contributed by atoms with Crippen LogP contribution in [-0.4, -0.2) is 61.4 Å². The summed E-state index contributed by atoms with van der Waals surface area (Å²) in [4.78, 5) is 20.4. The zero-order valence-corrected chi connectivity index (χ0v) is 17.1. The van der Waals surface area contributed by atoms with Crippen LogP contribution >= 0.6 is 0 Å². The highest BCUT2D eigenvalue weighted by atomic mass is 16.2. The Morgan fingerprint density at radius 1 is 0.933 bits per heavy atom. The highest BCUT2D eigenvalue weighted by Gasteiger charge is 2.19. The molecular weight excluding hydrogens is 378 g/mol. The molecular formula is C22H23N7O. The van der Waals surface area contributed by atoms with Crippen molar-refractivity contribution in [3.63, 3.8) is 0 Å². The Morgan fingerprint density at radius 3 is 2.43 bits per heavy atom. The highest BCUT2D eigenvalue weighted by Crippen LogP contribution is 2.30. The number of nitrogens with zero attached hydrogens (tertiary/aromatic N) is 7. The summed E-state index contributed by atoms with van der Waals surface area (Å²) < 4.78 is 3.69. The third-order valence-corrected chi connectivity index (χ3v) is 5.65. The molecule has 0 N–H and O–H groups in total. The average Bonchev–Trinajstić information content (AvgIpc) is 3.42. The third-order valence-electron chi connectivity index (χ3n) is 5.65. The zero-order valence-electron chi connectivity index (χ0n) is 17.1. The summed E-state index contributed by atoms with van der Waals surface area (Å²) in [5.74, 6) is 1.08. The summed E-state index contributed by atoms with van der Waals surface area (Å²) in [6.07, 6.45) is 9.60. The number of amides is 1. The van der Waals surface area contributed by atoms with Crippen molar-refractivity contribution < 1.29 is 4.79 Å². The van der Waals surface area contributed by atoms with Crippen molar-refractivity contribution in [2.24, 2.45) is 7.05 Å². The van der Waals surface area contributed by atoms with Gasteiger partial charge in [0.05, 0.1) is 11.7 Å². The minimum absolute atomic E-state index is 0.135. The van der Waals surface area contributed by atoms with Crippen molar-refractivity contribution in [1.82, 2.24) is 29.3 Å². The molecule has 0 radical (unpaired) electrons. The first-order valence-corrected chi connectivity index (χ1v) is 10.0. The lowest BCUT2D eigenvalue weighted by Gasteiger charge is -2.34. The number of carbonyl (C=O) groups excluding carboxylic acids is 1. The molecule has 1 amide bonds. The van der Waals surface area contributed by atoms with Gasteiger partial charge in [-0.25, -0.2) is 9.50 Å². The first-order valence-electron chi connectivity index (χ1n) is 10.0. The molecule has 4 aromatic rings. The monoisotopic (exact) mass is 401 g/mol. The Labute approximate surface area is 174 Å².